The first-order chi connectivity index (χ1) is 15.5. The zero-order valence-corrected chi connectivity index (χ0v) is 17.0. The minimum atomic E-state index is -4.53. The lowest BCUT2D eigenvalue weighted by atomic mass is 10.0. The molecule has 7 nitrogen and oxygen atoms in total. The van der Waals surface area contributed by atoms with Gasteiger partial charge in [0, 0.05) is 36.2 Å². The van der Waals surface area contributed by atoms with Gasteiger partial charge in [-0.15, -0.1) is 0 Å². The number of alkyl halides is 3. The van der Waals surface area contributed by atoms with Gasteiger partial charge < -0.3 is 10.2 Å². The maximum absolute atomic E-state index is 14.6. The summed E-state index contributed by atoms with van der Waals surface area (Å²) in [5.74, 6) is -2.97. The third kappa shape index (κ3) is 4.43. The van der Waals surface area contributed by atoms with E-state index in [1.165, 1.54) is 11.0 Å². The van der Waals surface area contributed by atoms with Crippen LogP contribution >= 0.6 is 0 Å². The molecule has 2 N–H and O–H groups in total. The largest absolute Gasteiger partial charge is 0.416 e. The predicted octanol–water partition coefficient (Wildman–Crippen LogP) is 2.54. The molecular weight excluding hydrogens is 446 g/mol. The number of hydrogen-bond acceptors (Lipinski definition) is 4. The van der Waals surface area contributed by atoms with Gasteiger partial charge in [-0.1, -0.05) is 0 Å². The molecule has 0 saturated carbocycles. The molecule has 0 aliphatic carbocycles. The molecule has 2 aromatic carbocycles. The van der Waals surface area contributed by atoms with Crippen molar-refractivity contribution in [2.24, 2.45) is 0 Å². The van der Waals surface area contributed by atoms with Gasteiger partial charge in [-0.05, 0) is 48.4 Å². The van der Waals surface area contributed by atoms with E-state index >= 15 is 0 Å². The Morgan fingerprint density at radius 3 is 2.45 bits per heavy atom. The van der Waals surface area contributed by atoms with E-state index in [-0.39, 0.29) is 42.6 Å². The van der Waals surface area contributed by atoms with Crippen LogP contribution < -0.4 is 10.6 Å². The van der Waals surface area contributed by atoms with Gasteiger partial charge in [0.15, 0.2) is 0 Å². The Balaban J connectivity index is 1.45. The van der Waals surface area contributed by atoms with Crippen LogP contribution in [0.3, 0.4) is 0 Å². The second kappa shape index (κ2) is 8.30. The number of halogens is 4. The van der Waals surface area contributed by atoms with E-state index in [0.717, 1.165) is 30.3 Å². The molecule has 4 amide bonds. The molecule has 4 rings (SSSR count). The molecule has 2 aromatic rings. The number of rotatable bonds is 4. The number of carbonyl (C=O) groups excluding carboxylic acids is 4. The van der Waals surface area contributed by atoms with Gasteiger partial charge in [-0.25, -0.2) is 4.39 Å². The number of nitrogens with zero attached hydrogens (tertiary/aromatic N) is 1. The minimum absolute atomic E-state index is 0.0243. The Kier molecular flexibility index (Phi) is 5.64. The summed E-state index contributed by atoms with van der Waals surface area (Å²) in [4.78, 5) is 49.6. The summed E-state index contributed by atoms with van der Waals surface area (Å²) in [5, 5.41) is 4.62. The van der Waals surface area contributed by atoms with Crippen molar-refractivity contribution in [3.63, 3.8) is 0 Å². The Hall–Kier alpha value is -3.76. The number of piperidine rings is 1. The SMILES string of the molecule is O=C1CCC(N2Cc3cc(CNC(=O)c4ccc(C(F)(F)F)cc4)c(F)cc3C2=O)C(=O)N1. The fourth-order valence-electron chi connectivity index (χ4n) is 3.86. The number of benzene rings is 2. The van der Waals surface area contributed by atoms with Gasteiger partial charge in [0.2, 0.25) is 11.8 Å². The third-order valence-electron chi connectivity index (χ3n) is 5.60. The quantitative estimate of drug-likeness (QED) is 0.538. The van der Waals surface area contributed by atoms with Crippen molar-refractivity contribution >= 4 is 23.6 Å². The average Bonchev–Trinajstić information content (AvgIpc) is 3.06. The van der Waals surface area contributed by atoms with Gasteiger partial charge in [-0.3, -0.25) is 24.5 Å². The molecule has 11 heteroatoms. The van der Waals surface area contributed by atoms with E-state index < -0.39 is 47.2 Å². The molecule has 1 saturated heterocycles. The molecule has 2 heterocycles. The van der Waals surface area contributed by atoms with Crippen molar-refractivity contribution in [1.29, 1.82) is 0 Å². The first-order valence-electron chi connectivity index (χ1n) is 9.96. The fraction of sp³-hybridized carbons (Fsp3) is 0.273. The van der Waals surface area contributed by atoms with Crippen molar-refractivity contribution in [2.45, 2.75) is 38.1 Å². The Bertz CT molecular complexity index is 1160. The summed E-state index contributed by atoms with van der Waals surface area (Å²) in [6.45, 7) is -0.216. The maximum atomic E-state index is 14.6. The summed E-state index contributed by atoms with van der Waals surface area (Å²) in [5.41, 5.74) is -0.287. The molecule has 2 aliphatic rings. The molecule has 1 fully saturated rings. The van der Waals surface area contributed by atoms with E-state index in [2.05, 4.69) is 10.6 Å². The van der Waals surface area contributed by atoms with Gasteiger partial charge in [0.1, 0.15) is 11.9 Å². The van der Waals surface area contributed by atoms with Crippen molar-refractivity contribution in [1.82, 2.24) is 15.5 Å². The highest BCUT2D eigenvalue weighted by atomic mass is 19.4. The second-order valence-corrected chi connectivity index (χ2v) is 7.76. The Labute approximate surface area is 184 Å². The summed E-state index contributed by atoms with van der Waals surface area (Å²) in [7, 11) is 0. The molecule has 0 radical (unpaired) electrons. The van der Waals surface area contributed by atoms with Gasteiger partial charge >= 0.3 is 6.18 Å². The molecule has 2 aliphatic heterocycles. The maximum Gasteiger partial charge on any atom is 0.416 e. The number of amides is 4. The van der Waals surface area contributed by atoms with Crippen LogP contribution in [0.25, 0.3) is 0 Å². The molecule has 0 aromatic heterocycles. The molecule has 172 valence electrons. The topological polar surface area (TPSA) is 95.6 Å². The van der Waals surface area contributed by atoms with E-state index in [9.17, 15) is 36.7 Å². The number of nitrogens with one attached hydrogen (secondary N) is 2. The van der Waals surface area contributed by atoms with Crippen LogP contribution in [-0.2, 0) is 28.9 Å². The average molecular weight is 463 g/mol. The Morgan fingerprint density at radius 2 is 1.82 bits per heavy atom. The monoisotopic (exact) mass is 463 g/mol. The van der Waals surface area contributed by atoms with Gasteiger partial charge in [0.25, 0.3) is 11.8 Å². The van der Waals surface area contributed by atoms with E-state index in [0.29, 0.717) is 5.56 Å². The lowest BCUT2D eigenvalue weighted by Gasteiger charge is -2.29. The van der Waals surface area contributed by atoms with Gasteiger partial charge in [-0.2, -0.15) is 13.2 Å². The summed E-state index contributed by atoms with van der Waals surface area (Å²) >= 11 is 0. The van der Waals surface area contributed by atoms with Crippen molar-refractivity contribution in [3.05, 3.63) is 70.0 Å². The van der Waals surface area contributed by atoms with Crippen LogP contribution in [0.2, 0.25) is 0 Å². The summed E-state index contributed by atoms with van der Waals surface area (Å²) in [6.07, 6.45) is -4.27. The third-order valence-corrected chi connectivity index (χ3v) is 5.60. The summed E-state index contributed by atoms with van der Waals surface area (Å²) < 4.78 is 52.5. The number of carbonyl (C=O) groups is 4. The molecule has 33 heavy (non-hydrogen) atoms. The highest BCUT2D eigenvalue weighted by Crippen LogP contribution is 2.30. The fourth-order valence-corrected chi connectivity index (χ4v) is 3.86. The zero-order valence-electron chi connectivity index (χ0n) is 17.0. The van der Waals surface area contributed by atoms with Crippen LogP contribution in [0.15, 0.2) is 36.4 Å². The lowest BCUT2D eigenvalue weighted by molar-refractivity contribution is -0.138. The molecule has 1 unspecified atom stereocenters. The smallest absolute Gasteiger partial charge is 0.348 e. The van der Waals surface area contributed by atoms with E-state index in [1.54, 1.807) is 0 Å². The first-order valence-corrected chi connectivity index (χ1v) is 9.96. The van der Waals surface area contributed by atoms with Crippen molar-refractivity contribution in [3.8, 4) is 0 Å². The molecule has 0 spiro atoms. The first kappa shape index (κ1) is 22.4. The molecular formula is C22H17F4N3O4. The van der Waals surface area contributed by atoms with Crippen molar-refractivity contribution in [2.75, 3.05) is 0 Å². The summed E-state index contributed by atoms with van der Waals surface area (Å²) in [6, 6.07) is 5.19. The van der Waals surface area contributed by atoms with Crippen LogP contribution in [0.5, 0.6) is 0 Å². The minimum Gasteiger partial charge on any atom is -0.348 e. The number of fused-ring (bicyclic) bond motifs is 1. The van der Waals surface area contributed by atoms with E-state index in [4.69, 9.17) is 0 Å². The zero-order chi connectivity index (χ0) is 23.9. The predicted molar refractivity (Wildman–Crippen MR) is 105 cm³/mol. The van der Waals surface area contributed by atoms with Crippen LogP contribution in [0, 0.1) is 5.82 Å². The highest BCUT2D eigenvalue weighted by Gasteiger charge is 2.39. The lowest BCUT2D eigenvalue weighted by Crippen LogP contribution is -2.52. The van der Waals surface area contributed by atoms with Crippen LogP contribution in [0.4, 0.5) is 17.6 Å². The Morgan fingerprint density at radius 1 is 1.12 bits per heavy atom. The van der Waals surface area contributed by atoms with Crippen molar-refractivity contribution < 1.29 is 36.7 Å². The van der Waals surface area contributed by atoms with Crippen LogP contribution in [-0.4, -0.2) is 34.6 Å². The highest BCUT2D eigenvalue weighted by molar-refractivity contribution is 6.05. The normalized spacial score (nSPS) is 18.2. The number of hydrogen-bond donors (Lipinski definition) is 2. The molecule has 0 bridgehead atoms. The molecule has 1 atom stereocenters. The van der Waals surface area contributed by atoms with Gasteiger partial charge in [0.05, 0.1) is 5.56 Å². The van der Waals surface area contributed by atoms with E-state index in [1.807, 2.05) is 0 Å². The number of imide groups is 1. The van der Waals surface area contributed by atoms with Crippen LogP contribution in [0.1, 0.15) is 50.2 Å². The second-order valence-electron chi connectivity index (χ2n) is 7.76. The standard InChI is InChI=1S/C22H17F4N3O4/c23-16-8-15-13(10-29(21(15)33)17-5-6-18(30)28-20(17)32)7-12(16)9-27-19(31)11-1-3-14(4-2-11)22(24,25)26/h1-4,7-8,17H,5-6,9-10H2,(H,27,31)(H,28,30,32).